The zero-order valence-corrected chi connectivity index (χ0v) is 18.7. The monoisotopic (exact) mass is 440 g/mol. The number of epoxide rings is 1. The number of hydrogen-bond acceptors (Lipinski definition) is 5. The molecule has 0 bridgehead atoms. The normalized spacial score (nSPS) is 50.2. The number of carbonyl (C=O) groups excluding carboxylic acids is 2. The van der Waals surface area contributed by atoms with E-state index in [1.807, 2.05) is 6.92 Å². The molecule has 5 rings (SSSR count). The van der Waals surface area contributed by atoms with E-state index in [-0.39, 0.29) is 41.3 Å². The molecule has 5 aliphatic rings. The third kappa shape index (κ3) is 2.84. The molecule has 166 valence electrons. The molecule has 1 N–H and O–H groups in total. The topological polar surface area (TPSA) is 66.9 Å². The molecule has 0 radical (unpaired) electrons. The van der Waals surface area contributed by atoms with E-state index < -0.39 is 34.9 Å². The van der Waals surface area contributed by atoms with Crippen LogP contribution < -0.4 is 0 Å². The second kappa shape index (κ2) is 7.24. The van der Waals surface area contributed by atoms with Crippen molar-refractivity contribution in [2.45, 2.75) is 76.1 Å². The summed E-state index contributed by atoms with van der Waals surface area (Å²) in [5.41, 5.74) is -3.51. The molecule has 9 atom stereocenters. The number of fused-ring (bicyclic) bond motifs is 4. The van der Waals surface area contributed by atoms with Gasteiger partial charge in [-0.05, 0) is 55.6 Å². The average Bonchev–Trinajstić information content (AvgIpc) is 3.37. The van der Waals surface area contributed by atoms with Crippen LogP contribution in [-0.2, 0) is 14.3 Å². The standard InChI is InChI=1S/C19H22F2O3.C4H8OS/c1-9-5-11-12-7-14(20)13-6-10(22)3-4-17(13,2)19(12,21)15(23)8-18(11)16(9)24-18;1-3-4(5)6-2/h3-4,6,9,11-12,14-16,23H,5,7-8H2,1-2H3;3H2,1-2H3/t9-,11+,12?,14+,15?,16-,17?,18?,19+;/m1./s1. The number of ketones is 1. The number of rotatable bonds is 1. The molecule has 0 aromatic rings. The van der Waals surface area contributed by atoms with Crippen LogP contribution in [0.5, 0.6) is 0 Å². The number of hydrogen-bond donors (Lipinski definition) is 1. The molecule has 1 spiro atoms. The van der Waals surface area contributed by atoms with Crippen molar-refractivity contribution < 1.29 is 28.2 Å². The van der Waals surface area contributed by atoms with E-state index in [1.54, 1.807) is 13.2 Å². The maximum absolute atomic E-state index is 16.5. The molecule has 7 heteroatoms. The van der Waals surface area contributed by atoms with E-state index in [0.717, 1.165) is 6.42 Å². The van der Waals surface area contributed by atoms with Gasteiger partial charge in [-0.1, -0.05) is 31.7 Å². The van der Waals surface area contributed by atoms with Crippen LogP contribution in [0.25, 0.3) is 0 Å². The molecule has 0 aromatic heterocycles. The average molecular weight is 441 g/mol. The largest absolute Gasteiger partial charge is 0.390 e. The Balaban J connectivity index is 0.000000322. The van der Waals surface area contributed by atoms with Crippen molar-refractivity contribution in [1.29, 1.82) is 0 Å². The first-order valence-electron chi connectivity index (χ1n) is 10.8. The van der Waals surface area contributed by atoms with E-state index in [1.165, 1.54) is 30.0 Å². The fourth-order valence-corrected chi connectivity index (χ4v) is 6.94. The highest BCUT2D eigenvalue weighted by molar-refractivity contribution is 8.13. The van der Waals surface area contributed by atoms with Crippen LogP contribution in [0.4, 0.5) is 8.78 Å². The van der Waals surface area contributed by atoms with Gasteiger partial charge in [0.05, 0.1) is 12.2 Å². The van der Waals surface area contributed by atoms with Crippen LogP contribution in [0, 0.1) is 23.2 Å². The number of allylic oxidation sites excluding steroid dienone is 4. The van der Waals surface area contributed by atoms with Crippen molar-refractivity contribution in [3.63, 3.8) is 0 Å². The van der Waals surface area contributed by atoms with Gasteiger partial charge in [0.2, 0.25) is 0 Å². The Labute approximate surface area is 180 Å². The Morgan fingerprint density at radius 2 is 2.07 bits per heavy atom. The molecule has 4 nitrogen and oxygen atoms in total. The van der Waals surface area contributed by atoms with Crippen molar-refractivity contribution in [2.75, 3.05) is 6.26 Å². The number of thioether (sulfide) groups is 1. The number of alkyl halides is 2. The van der Waals surface area contributed by atoms with E-state index in [2.05, 4.69) is 6.92 Å². The number of carbonyl (C=O) groups is 2. The van der Waals surface area contributed by atoms with E-state index in [0.29, 0.717) is 12.3 Å². The molecule has 4 unspecified atom stereocenters. The lowest BCUT2D eigenvalue weighted by Crippen LogP contribution is -2.68. The van der Waals surface area contributed by atoms with Gasteiger partial charge in [-0.2, -0.15) is 0 Å². The Morgan fingerprint density at radius 3 is 2.63 bits per heavy atom. The lowest BCUT2D eigenvalue weighted by atomic mass is 9.48. The molecule has 1 aliphatic heterocycles. The molecule has 0 aromatic carbocycles. The highest BCUT2D eigenvalue weighted by atomic mass is 32.2. The van der Waals surface area contributed by atoms with Crippen LogP contribution in [0.15, 0.2) is 23.8 Å². The summed E-state index contributed by atoms with van der Waals surface area (Å²) in [5, 5.41) is 11.1. The molecular formula is C23H30F2O4S. The van der Waals surface area contributed by atoms with Gasteiger partial charge in [-0.3, -0.25) is 9.59 Å². The highest BCUT2D eigenvalue weighted by Gasteiger charge is 2.79. The second-order valence-electron chi connectivity index (χ2n) is 9.58. The van der Waals surface area contributed by atoms with Gasteiger partial charge < -0.3 is 9.84 Å². The van der Waals surface area contributed by atoms with Crippen LogP contribution in [-0.4, -0.2) is 51.9 Å². The summed E-state index contributed by atoms with van der Waals surface area (Å²) in [5.74, 6) is -0.649. The summed E-state index contributed by atoms with van der Waals surface area (Å²) in [6.07, 6.45) is 5.08. The molecule has 4 fully saturated rings. The Hall–Kier alpha value is -1.05. The quantitative estimate of drug-likeness (QED) is 0.625. The number of ether oxygens (including phenoxy) is 1. The fraction of sp³-hybridized carbons (Fsp3) is 0.739. The molecule has 1 saturated heterocycles. The number of aliphatic hydroxyl groups is 1. The van der Waals surface area contributed by atoms with Gasteiger partial charge in [0.15, 0.2) is 16.6 Å². The first-order chi connectivity index (χ1) is 14.0. The van der Waals surface area contributed by atoms with Crippen LogP contribution in [0.2, 0.25) is 0 Å². The SMILES string of the molecule is CCC(=O)SC.C[C@@H]1C[C@H]2C3C[C@H](F)C4=CC(=O)C=CC4(C)[C@@]3(F)C(O)CC23O[C@H]13. The highest BCUT2D eigenvalue weighted by Crippen LogP contribution is 2.71. The summed E-state index contributed by atoms with van der Waals surface area (Å²) in [4.78, 5) is 21.8. The lowest BCUT2D eigenvalue weighted by molar-refractivity contribution is -0.187. The van der Waals surface area contributed by atoms with Gasteiger partial charge in [-0.15, -0.1) is 0 Å². The lowest BCUT2D eigenvalue weighted by Gasteiger charge is -2.59. The van der Waals surface area contributed by atoms with Gasteiger partial charge in [0, 0.05) is 24.2 Å². The second-order valence-corrected chi connectivity index (χ2v) is 10.4. The number of aliphatic hydroxyl groups excluding tert-OH is 1. The molecule has 4 aliphatic carbocycles. The Bertz CT molecular complexity index is 822. The van der Waals surface area contributed by atoms with Crippen LogP contribution in [0.3, 0.4) is 0 Å². The Morgan fingerprint density at radius 1 is 1.37 bits per heavy atom. The zero-order valence-electron chi connectivity index (χ0n) is 17.9. The van der Waals surface area contributed by atoms with Gasteiger partial charge in [0.1, 0.15) is 11.8 Å². The first kappa shape index (κ1) is 22.2. The number of halogens is 2. The summed E-state index contributed by atoms with van der Waals surface area (Å²) < 4.78 is 37.4. The maximum atomic E-state index is 16.5. The minimum atomic E-state index is -1.96. The van der Waals surface area contributed by atoms with Gasteiger partial charge >= 0.3 is 0 Å². The van der Waals surface area contributed by atoms with Crippen LogP contribution >= 0.6 is 11.8 Å². The summed E-state index contributed by atoms with van der Waals surface area (Å²) in [6, 6.07) is 0. The predicted octanol–water partition coefficient (Wildman–Crippen LogP) is 3.97. The Kier molecular flexibility index (Phi) is 5.35. The molecule has 1 heterocycles. The fourth-order valence-electron chi connectivity index (χ4n) is 6.66. The minimum Gasteiger partial charge on any atom is -0.390 e. The van der Waals surface area contributed by atoms with E-state index in [9.17, 15) is 19.1 Å². The summed E-state index contributed by atoms with van der Waals surface area (Å²) in [7, 11) is 0. The smallest absolute Gasteiger partial charge is 0.188 e. The van der Waals surface area contributed by atoms with Crippen molar-refractivity contribution in [3.05, 3.63) is 23.8 Å². The third-order valence-electron chi connectivity index (χ3n) is 8.15. The van der Waals surface area contributed by atoms with Crippen molar-refractivity contribution >= 4 is 22.7 Å². The maximum Gasteiger partial charge on any atom is 0.188 e. The third-order valence-corrected chi connectivity index (χ3v) is 8.90. The van der Waals surface area contributed by atoms with Gasteiger partial charge in [0.25, 0.3) is 0 Å². The van der Waals surface area contributed by atoms with E-state index in [4.69, 9.17) is 4.74 Å². The summed E-state index contributed by atoms with van der Waals surface area (Å²) >= 11 is 1.29. The molecule has 0 amide bonds. The van der Waals surface area contributed by atoms with Crippen molar-refractivity contribution in [1.82, 2.24) is 0 Å². The van der Waals surface area contributed by atoms with Crippen molar-refractivity contribution in [2.24, 2.45) is 23.2 Å². The van der Waals surface area contributed by atoms with E-state index >= 15 is 4.39 Å². The van der Waals surface area contributed by atoms with Crippen LogP contribution in [0.1, 0.15) is 46.5 Å². The van der Waals surface area contributed by atoms with Gasteiger partial charge in [-0.25, -0.2) is 8.78 Å². The molecular weight excluding hydrogens is 410 g/mol. The summed E-state index contributed by atoms with van der Waals surface area (Å²) in [6.45, 7) is 5.58. The zero-order chi connectivity index (χ0) is 22.1. The first-order valence-corrected chi connectivity index (χ1v) is 12.0. The van der Waals surface area contributed by atoms with Crippen molar-refractivity contribution in [3.8, 4) is 0 Å². The minimum absolute atomic E-state index is 0.0192. The predicted molar refractivity (Wildman–Crippen MR) is 111 cm³/mol. The molecule has 30 heavy (non-hydrogen) atoms. The molecule has 3 saturated carbocycles.